The predicted octanol–water partition coefficient (Wildman–Crippen LogP) is 2.87. The van der Waals surface area contributed by atoms with Crippen molar-refractivity contribution in [2.24, 2.45) is 17.6 Å². The highest BCUT2D eigenvalue weighted by Crippen LogP contribution is 2.38. The number of hydrogen-bond donors (Lipinski definition) is 1. The quantitative estimate of drug-likeness (QED) is 0.781. The highest BCUT2D eigenvalue weighted by molar-refractivity contribution is 4.95. The maximum absolute atomic E-state index is 6.05. The van der Waals surface area contributed by atoms with Crippen LogP contribution in [0, 0.1) is 11.8 Å². The Bertz CT molecular complexity index is 193. The highest BCUT2D eigenvalue weighted by Gasteiger charge is 2.37. The highest BCUT2D eigenvalue weighted by atomic mass is 15.2. The molecule has 0 unspecified atom stereocenters. The first-order valence-electron chi connectivity index (χ1n) is 6.97. The first-order chi connectivity index (χ1) is 7.55. The molecule has 1 fully saturated rings. The maximum atomic E-state index is 6.05. The Morgan fingerprint density at radius 1 is 1.31 bits per heavy atom. The summed E-state index contributed by atoms with van der Waals surface area (Å²) < 4.78 is 0. The van der Waals surface area contributed by atoms with Crippen molar-refractivity contribution < 1.29 is 0 Å². The van der Waals surface area contributed by atoms with E-state index < -0.39 is 0 Å². The van der Waals surface area contributed by atoms with Crippen LogP contribution < -0.4 is 5.73 Å². The lowest BCUT2D eigenvalue weighted by Crippen LogP contribution is -2.54. The van der Waals surface area contributed by atoms with Gasteiger partial charge in [-0.15, -0.1) is 0 Å². The Hall–Kier alpha value is -0.0800. The smallest absolute Gasteiger partial charge is 0.0328 e. The molecule has 16 heavy (non-hydrogen) atoms. The van der Waals surface area contributed by atoms with E-state index in [1.54, 1.807) is 0 Å². The standard InChI is InChI=1S/C14H30N2/c1-5-10-16(4)14(11-15)8-6-13(7-9-14)12(2)3/h12-13H,5-11,15H2,1-4H3. The monoisotopic (exact) mass is 226 g/mol. The fourth-order valence-electron chi connectivity index (χ4n) is 3.16. The summed E-state index contributed by atoms with van der Waals surface area (Å²) in [5.74, 6) is 1.77. The van der Waals surface area contributed by atoms with Crippen molar-refractivity contribution in [1.29, 1.82) is 0 Å². The molecular weight excluding hydrogens is 196 g/mol. The van der Waals surface area contributed by atoms with Gasteiger partial charge in [0.1, 0.15) is 0 Å². The molecule has 1 saturated carbocycles. The van der Waals surface area contributed by atoms with Gasteiger partial charge in [-0.05, 0) is 57.5 Å². The molecule has 0 spiro atoms. The number of hydrogen-bond acceptors (Lipinski definition) is 2. The average Bonchev–Trinajstić information content (AvgIpc) is 2.29. The van der Waals surface area contributed by atoms with Crippen molar-refractivity contribution >= 4 is 0 Å². The summed E-state index contributed by atoms with van der Waals surface area (Å²) in [5.41, 5.74) is 6.36. The molecule has 0 amide bonds. The predicted molar refractivity (Wildman–Crippen MR) is 71.5 cm³/mol. The first kappa shape index (κ1) is 14.0. The van der Waals surface area contributed by atoms with Gasteiger partial charge in [-0.1, -0.05) is 20.8 Å². The van der Waals surface area contributed by atoms with Crippen molar-refractivity contribution in [3.05, 3.63) is 0 Å². The van der Waals surface area contributed by atoms with E-state index in [0.717, 1.165) is 18.4 Å². The average molecular weight is 226 g/mol. The number of rotatable bonds is 5. The van der Waals surface area contributed by atoms with Crippen LogP contribution in [0.2, 0.25) is 0 Å². The van der Waals surface area contributed by atoms with Crippen LogP contribution >= 0.6 is 0 Å². The molecule has 0 aromatic rings. The first-order valence-corrected chi connectivity index (χ1v) is 6.97. The molecule has 2 N–H and O–H groups in total. The molecule has 0 aliphatic heterocycles. The molecule has 0 aromatic heterocycles. The van der Waals surface area contributed by atoms with Crippen LogP contribution in [0.5, 0.6) is 0 Å². The Kier molecular flexibility index (Phi) is 5.26. The van der Waals surface area contributed by atoms with E-state index in [0.29, 0.717) is 5.54 Å². The minimum atomic E-state index is 0.307. The molecule has 0 atom stereocenters. The molecule has 0 heterocycles. The van der Waals surface area contributed by atoms with Crippen LogP contribution in [0.3, 0.4) is 0 Å². The summed E-state index contributed by atoms with van der Waals surface area (Å²) in [6, 6.07) is 0. The van der Waals surface area contributed by atoms with Crippen LogP contribution in [0.1, 0.15) is 52.9 Å². The van der Waals surface area contributed by atoms with Crippen LogP contribution in [-0.2, 0) is 0 Å². The fourth-order valence-corrected chi connectivity index (χ4v) is 3.16. The molecule has 0 saturated heterocycles. The Morgan fingerprint density at radius 2 is 1.88 bits per heavy atom. The van der Waals surface area contributed by atoms with E-state index in [9.17, 15) is 0 Å². The normalized spacial score (nSPS) is 31.3. The zero-order valence-electron chi connectivity index (χ0n) is 11.6. The Labute approximate surface area is 102 Å². The summed E-state index contributed by atoms with van der Waals surface area (Å²) in [6.45, 7) is 8.98. The van der Waals surface area contributed by atoms with Crippen molar-refractivity contribution in [2.45, 2.75) is 58.4 Å². The molecule has 0 radical (unpaired) electrons. The fraction of sp³-hybridized carbons (Fsp3) is 1.00. The lowest BCUT2D eigenvalue weighted by atomic mass is 9.72. The third-order valence-electron chi connectivity index (χ3n) is 4.65. The molecule has 1 aliphatic carbocycles. The summed E-state index contributed by atoms with van der Waals surface area (Å²) in [4.78, 5) is 2.52. The zero-order chi connectivity index (χ0) is 12.2. The second-order valence-electron chi connectivity index (χ2n) is 5.93. The second-order valence-corrected chi connectivity index (χ2v) is 5.93. The zero-order valence-corrected chi connectivity index (χ0v) is 11.6. The molecule has 1 rings (SSSR count). The molecule has 1 aliphatic rings. The molecule has 0 aromatic carbocycles. The van der Waals surface area contributed by atoms with Crippen LogP contribution in [0.4, 0.5) is 0 Å². The Balaban J connectivity index is 2.57. The molecule has 96 valence electrons. The van der Waals surface area contributed by atoms with Gasteiger partial charge >= 0.3 is 0 Å². The summed E-state index contributed by atoms with van der Waals surface area (Å²) in [7, 11) is 2.26. The van der Waals surface area contributed by atoms with Crippen molar-refractivity contribution in [3.63, 3.8) is 0 Å². The topological polar surface area (TPSA) is 29.3 Å². The van der Waals surface area contributed by atoms with Gasteiger partial charge in [-0.25, -0.2) is 0 Å². The van der Waals surface area contributed by atoms with Gasteiger partial charge in [0.2, 0.25) is 0 Å². The van der Waals surface area contributed by atoms with Crippen LogP contribution in [-0.4, -0.2) is 30.6 Å². The summed E-state index contributed by atoms with van der Waals surface area (Å²) >= 11 is 0. The van der Waals surface area contributed by atoms with Gasteiger partial charge in [0, 0.05) is 12.1 Å². The third kappa shape index (κ3) is 2.98. The Morgan fingerprint density at radius 3 is 2.25 bits per heavy atom. The van der Waals surface area contributed by atoms with Crippen molar-refractivity contribution in [2.75, 3.05) is 20.1 Å². The number of nitrogens with zero attached hydrogens (tertiary/aromatic N) is 1. The van der Waals surface area contributed by atoms with E-state index in [-0.39, 0.29) is 0 Å². The van der Waals surface area contributed by atoms with Gasteiger partial charge in [0.05, 0.1) is 0 Å². The molecule has 2 heteroatoms. The van der Waals surface area contributed by atoms with Crippen LogP contribution in [0.25, 0.3) is 0 Å². The van der Waals surface area contributed by atoms with Crippen LogP contribution in [0.15, 0.2) is 0 Å². The summed E-state index contributed by atoms with van der Waals surface area (Å²) in [6.07, 6.45) is 6.55. The molecular formula is C14H30N2. The van der Waals surface area contributed by atoms with E-state index in [1.807, 2.05) is 0 Å². The largest absolute Gasteiger partial charge is 0.329 e. The molecule has 0 bridgehead atoms. The minimum Gasteiger partial charge on any atom is -0.329 e. The van der Waals surface area contributed by atoms with E-state index in [4.69, 9.17) is 5.73 Å². The number of nitrogens with two attached hydrogens (primary N) is 1. The SMILES string of the molecule is CCCN(C)C1(CN)CCC(C(C)C)CC1. The van der Waals surface area contributed by atoms with Crippen molar-refractivity contribution in [1.82, 2.24) is 4.90 Å². The summed E-state index contributed by atoms with van der Waals surface area (Å²) in [5, 5.41) is 0. The van der Waals surface area contributed by atoms with Gasteiger partial charge in [-0.3, -0.25) is 4.90 Å². The van der Waals surface area contributed by atoms with E-state index in [2.05, 4.69) is 32.7 Å². The minimum absolute atomic E-state index is 0.307. The number of likely N-dealkylation sites (N-methyl/N-ethyl adjacent to an activating group) is 1. The van der Waals surface area contributed by atoms with E-state index >= 15 is 0 Å². The van der Waals surface area contributed by atoms with Crippen molar-refractivity contribution in [3.8, 4) is 0 Å². The maximum Gasteiger partial charge on any atom is 0.0328 e. The third-order valence-corrected chi connectivity index (χ3v) is 4.65. The van der Waals surface area contributed by atoms with Gasteiger partial charge in [0.15, 0.2) is 0 Å². The van der Waals surface area contributed by atoms with Gasteiger partial charge in [0.25, 0.3) is 0 Å². The van der Waals surface area contributed by atoms with Gasteiger partial charge < -0.3 is 5.73 Å². The van der Waals surface area contributed by atoms with Gasteiger partial charge in [-0.2, -0.15) is 0 Å². The van der Waals surface area contributed by atoms with E-state index in [1.165, 1.54) is 38.6 Å². The molecule has 2 nitrogen and oxygen atoms in total. The lowest BCUT2D eigenvalue weighted by molar-refractivity contribution is 0.0556. The lowest BCUT2D eigenvalue weighted by Gasteiger charge is -2.46. The second kappa shape index (κ2) is 6.02.